The molecule has 0 saturated heterocycles. The second-order valence-corrected chi connectivity index (χ2v) is 7.74. The van der Waals surface area contributed by atoms with E-state index < -0.39 is 0 Å². The zero-order valence-electron chi connectivity index (χ0n) is 19.9. The van der Waals surface area contributed by atoms with Crippen LogP contribution in [0.4, 0.5) is 0 Å². The highest BCUT2D eigenvalue weighted by molar-refractivity contribution is 5.90. The maximum atomic E-state index is 12.2. The summed E-state index contributed by atoms with van der Waals surface area (Å²) in [4.78, 5) is 12.2. The predicted molar refractivity (Wildman–Crippen MR) is 129 cm³/mol. The van der Waals surface area contributed by atoms with Gasteiger partial charge in [-0.2, -0.15) is 0 Å². The molecule has 0 heterocycles. The highest BCUT2D eigenvalue weighted by atomic mass is 16.6. The molecule has 176 valence electrons. The van der Waals surface area contributed by atoms with E-state index in [2.05, 4.69) is 20.8 Å². The molecule has 5 heteroatoms. The molecule has 0 fully saturated rings. The molecule has 0 N–H and O–H groups in total. The highest BCUT2D eigenvalue weighted by Crippen LogP contribution is 2.33. The largest absolute Gasteiger partial charge is 0.490 e. The number of hydrogen-bond acceptors (Lipinski definition) is 5. The fraction of sp³-hybridized carbons (Fsp3) is 0.519. The summed E-state index contributed by atoms with van der Waals surface area (Å²) in [7, 11) is 0. The number of carbonyl (C=O) groups excluding carboxylic acids is 1. The first-order chi connectivity index (χ1) is 15.7. The third kappa shape index (κ3) is 8.91. The zero-order chi connectivity index (χ0) is 23.0. The molecule has 0 amide bonds. The average Bonchev–Trinajstić information content (AvgIpc) is 2.82. The minimum absolute atomic E-state index is 0.266. The van der Waals surface area contributed by atoms with E-state index in [1.165, 1.54) is 0 Å². The van der Waals surface area contributed by atoms with Gasteiger partial charge in [0.2, 0.25) is 0 Å². The van der Waals surface area contributed by atoms with Gasteiger partial charge < -0.3 is 18.9 Å². The van der Waals surface area contributed by atoms with Gasteiger partial charge in [0.25, 0.3) is 0 Å². The summed E-state index contributed by atoms with van der Waals surface area (Å²) in [5.74, 6) is 1.21. The van der Waals surface area contributed by atoms with Crippen LogP contribution < -0.4 is 9.47 Å². The van der Waals surface area contributed by atoms with Crippen molar-refractivity contribution in [1.29, 1.82) is 0 Å². The summed E-state index contributed by atoms with van der Waals surface area (Å²) in [6.45, 7) is 9.14. The van der Waals surface area contributed by atoms with Gasteiger partial charge in [0.1, 0.15) is 6.61 Å². The van der Waals surface area contributed by atoms with Crippen LogP contribution in [0.3, 0.4) is 0 Å². The summed E-state index contributed by atoms with van der Waals surface area (Å²) < 4.78 is 22.6. The van der Waals surface area contributed by atoms with Crippen LogP contribution in [0.25, 0.3) is 11.1 Å². The number of ether oxygens (including phenoxy) is 4. The molecule has 0 aliphatic carbocycles. The zero-order valence-corrected chi connectivity index (χ0v) is 19.9. The van der Waals surface area contributed by atoms with E-state index in [0.717, 1.165) is 61.2 Å². The Bertz CT molecular complexity index is 785. The van der Waals surface area contributed by atoms with Crippen LogP contribution in [0.15, 0.2) is 42.5 Å². The van der Waals surface area contributed by atoms with Crippen molar-refractivity contribution < 1.29 is 23.7 Å². The SMILES string of the molecule is CCCCOCCOC(=O)c1ccc(-c2ccc(OCCCC)c(OCCCC)c2)cc1. The molecule has 0 radical (unpaired) electrons. The van der Waals surface area contributed by atoms with Crippen LogP contribution in [0.2, 0.25) is 0 Å². The van der Waals surface area contributed by atoms with Crippen molar-refractivity contribution in [2.45, 2.75) is 59.3 Å². The Morgan fingerprint density at radius 2 is 1.25 bits per heavy atom. The summed E-state index contributed by atoms with van der Waals surface area (Å²) in [6, 6.07) is 13.4. The number of benzene rings is 2. The van der Waals surface area contributed by atoms with Gasteiger partial charge in [-0.25, -0.2) is 4.79 Å². The predicted octanol–water partition coefficient (Wildman–Crippen LogP) is 6.68. The summed E-state index contributed by atoms with van der Waals surface area (Å²) in [5, 5.41) is 0. The van der Waals surface area contributed by atoms with Crippen LogP contribution in [-0.4, -0.2) is 39.0 Å². The molecule has 0 spiro atoms. The second kappa shape index (κ2) is 15.3. The van der Waals surface area contributed by atoms with E-state index in [4.69, 9.17) is 18.9 Å². The minimum Gasteiger partial charge on any atom is -0.490 e. The standard InChI is InChI=1S/C27H38O5/c1-4-7-16-29-19-20-32-27(28)23-12-10-22(11-13-23)24-14-15-25(30-17-8-5-2)26(21-24)31-18-9-6-3/h10-15,21H,4-9,16-20H2,1-3H3. The topological polar surface area (TPSA) is 54.0 Å². The van der Waals surface area contributed by atoms with Crippen LogP contribution in [0.1, 0.15) is 69.7 Å². The van der Waals surface area contributed by atoms with Crippen molar-refractivity contribution in [1.82, 2.24) is 0 Å². The normalized spacial score (nSPS) is 10.7. The minimum atomic E-state index is -0.334. The van der Waals surface area contributed by atoms with Gasteiger partial charge in [-0.3, -0.25) is 0 Å². The number of esters is 1. The first kappa shape index (κ1) is 25.7. The fourth-order valence-electron chi connectivity index (χ4n) is 3.00. The third-order valence-electron chi connectivity index (χ3n) is 5.01. The van der Waals surface area contributed by atoms with Gasteiger partial charge in [-0.1, -0.05) is 58.2 Å². The third-order valence-corrected chi connectivity index (χ3v) is 5.01. The second-order valence-electron chi connectivity index (χ2n) is 7.74. The maximum Gasteiger partial charge on any atom is 0.338 e. The van der Waals surface area contributed by atoms with Gasteiger partial charge in [0.15, 0.2) is 11.5 Å². The molecule has 32 heavy (non-hydrogen) atoms. The Balaban J connectivity index is 2.00. The lowest BCUT2D eigenvalue weighted by Crippen LogP contribution is -2.11. The Morgan fingerprint density at radius 3 is 1.91 bits per heavy atom. The molecule has 5 nitrogen and oxygen atoms in total. The maximum absolute atomic E-state index is 12.2. The van der Waals surface area contributed by atoms with Crippen molar-refractivity contribution in [2.24, 2.45) is 0 Å². The Hall–Kier alpha value is -2.53. The van der Waals surface area contributed by atoms with E-state index in [0.29, 0.717) is 32.0 Å². The number of rotatable bonds is 16. The monoisotopic (exact) mass is 442 g/mol. The van der Waals surface area contributed by atoms with Crippen LogP contribution in [0, 0.1) is 0 Å². The lowest BCUT2D eigenvalue weighted by molar-refractivity contribution is 0.0314. The fourth-order valence-corrected chi connectivity index (χ4v) is 3.00. The molecule has 0 aromatic heterocycles. The summed E-state index contributed by atoms with van der Waals surface area (Å²) in [6.07, 6.45) is 6.29. The summed E-state index contributed by atoms with van der Waals surface area (Å²) >= 11 is 0. The van der Waals surface area contributed by atoms with Gasteiger partial charge in [-0.15, -0.1) is 0 Å². The Labute approximate surface area is 193 Å². The molecule has 0 atom stereocenters. The van der Waals surface area contributed by atoms with E-state index in [-0.39, 0.29) is 12.6 Å². The van der Waals surface area contributed by atoms with Crippen molar-refractivity contribution in [3.8, 4) is 22.6 Å². The van der Waals surface area contributed by atoms with Crippen molar-refractivity contribution >= 4 is 5.97 Å². The quantitative estimate of drug-likeness (QED) is 0.214. The van der Waals surface area contributed by atoms with Crippen molar-refractivity contribution in [3.05, 3.63) is 48.0 Å². The lowest BCUT2D eigenvalue weighted by Gasteiger charge is -2.14. The molecule has 0 saturated carbocycles. The van der Waals surface area contributed by atoms with Crippen molar-refractivity contribution in [3.63, 3.8) is 0 Å². The van der Waals surface area contributed by atoms with E-state index in [1.54, 1.807) is 12.1 Å². The molecule has 0 bridgehead atoms. The van der Waals surface area contributed by atoms with Gasteiger partial charge in [0.05, 0.1) is 25.4 Å². The van der Waals surface area contributed by atoms with Gasteiger partial charge >= 0.3 is 5.97 Å². The van der Waals surface area contributed by atoms with E-state index >= 15 is 0 Å². The van der Waals surface area contributed by atoms with Gasteiger partial charge in [0, 0.05) is 6.61 Å². The molecule has 0 unspecified atom stereocenters. The molecule has 0 aliphatic rings. The van der Waals surface area contributed by atoms with Crippen LogP contribution in [0.5, 0.6) is 11.5 Å². The Morgan fingerprint density at radius 1 is 0.656 bits per heavy atom. The molecular formula is C27H38O5. The molecule has 2 rings (SSSR count). The summed E-state index contributed by atoms with van der Waals surface area (Å²) in [5.41, 5.74) is 2.55. The Kier molecular flexibility index (Phi) is 12.3. The average molecular weight is 443 g/mol. The van der Waals surface area contributed by atoms with Crippen LogP contribution in [-0.2, 0) is 9.47 Å². The molecular weight excluding hydrogens is 404 g/mol. The van der Waals surface area contributed by atoms with E-state index in [1.807, 2.05) is 30.3 Å². The van der Waals surface area contributed by atoms with Gasteiger partial charge in [-0.05, 0) is 54.7 Å². The number of hydrogen-bond donors (Lipinski definition) is 0. The van der Waals surface area contributed by atoms with Crippen molar-refractivity contribution in [2.75, 3.05) is 33.0 Å². The first-order valence-electron chi connectivity index (χ1n) is 11.9. The lowest BCUT2D eigenvalue weighted by atomic mass is 10.0. The highest BCUT2D eigenvalue weighted by Gasteiger charge is 2.11. The number of carbonyl (C=O) groups is 1. The molecule has 2 aromatic carbocycles. The van der Waals surface area contributed by atoms with Crippen LogP contribution >= 0.6 is 0 Å². The number of unbranched alkanes of at least 4 members (excludes halogenated alkanes) is 3. The smallest absolute Gasteiger partial charge is 0.338 e. The van der Waals surface area contributed by atoms with E-state index in [9.17, 15) is 4.79 Å². The molecule has 2 aromatic rings. The molecule has 0 aliphatic heterocycles. The first-order valence-corrected chi connectivity index (χ1v) is 11.9.